The van der Waals surface area contributed by atoms with Crippen molar-refractivity contribution < 1.29 is 23.7 Å². The highest BCUT2D eigenvalue weighted by Crippen LogP contribution is 2.44. The van der Waals surface area contributed by atoms with Crippen molar-refractivity contribution >= 4 is 17.2 Å². The number of fused-ring (bicyclic) bond motifs is 1. The zero-order valence-electron chi connectivity index (χ0n) is 18.6. The van der Waals surface area contributed by atoms with Gasteiger partial charge in [0, 0.05) is 17.5 Å². The van der Waals surface area contributed by atoms with E-state index in [0.717, 1.165) is 27.4 Å². The summed E-state index contributed by atoms with van der Waals surface area (Å²) in [7, 11) is 4.87. The van der Waals surface area contributed by atoms with Crippen LogP contribution in [0.2, 0.25) is 0 Å². The standard InChI is InChI=1S/C24H26N2O5S/c1-15-25-18(14-32-15)12-22(27)26-8-9-31-24-17(13-26)10-16(11-21(24)30-4)23-19(28-2)6-5-7-20(23)29-3/h5-7,10-11,14H,8-9,12-13H2,1-4H3. The Morgan fingerprint density at radius 3 is 2.47 bits per heavy atom. The molecule has 0 unspecified atom stereocenters. The predicted molar refractivity (Wildman–Crippen MR) is 123 cm³/mol. The fraction of sp³-hybridized carbons (Fsp3) is 0.333. The number of methoxy groups -OCH3 is 3. The number of carbonyl (C=O) groups is 1. The molecular formula is C24H26N2O5S. The summed E-state index contributed by atoms with van der Waals surface area (Å²) in [5, 5.41) is 2.89. The van der Waals surface area contributed by atoms with Crippen LogP contribution in [0, 0.1) is 6.92 Å². The van der Waals surface area contributed by atoms with Crippen molar-refractivity contribution in [2.75, 3.05) is 34.5 Å². The lowest BCUT2D eigenvalue weighted by atomic mass is 9.99. The number of hydrogen-bond acceptors (Lipinski definition) is 7. The highest BCUT2D eigenvalue weighted by atomic mass is 32.1. The Kier molecular flexibility index (Phi) is 6.50. The molecule has 0 aliphatic carbocycles. The molecule has 7 nitrogen and oxygen atoms in total. The van der Waals surface area contributed by atoms with Gasteiger partial charge in [-0.3, -0.25) is 4.79 Å². The maximum atomic E-state index is 13.0. The summed E-state index contributed by atoms with van der Waals surface area (Å²) in [4.78, 5) is 19.2. The van der Waals surface area contributed by atoms with Gasteiger partial charge in [0.25, 0.3) is 0 Å². The molecule has 1 aromatic heterocycles. The van der Waals surface area contributed by atoms with Gasteiger partial charge in [-0.2, -0.15) is 0 Å². The molecule has 1 aliphatic rings. The van der Waals surface area contributed by atoms with Crippen molar-refractivity contribution in [1.29, 1.82) is 0 Å². The number of ether oxygens (including phenoxy) is 4. The number of aromatic nitrogens is 1. The number of hydrogen-bond donors (Lipinski definition) is 0. The number of benzene rings is 2. The lowest BCUT2D eigenvalue weighted by molar-refractivity contribution is -0.131. The maximum Gasteiger partial charge on any atom is 0.229 e. The van der Waals surface area contributed by atoms with E-state index >= 15 is 0 Å². The van der Waals surface area contributed by atoms with Crippen LogP contribution in [-0.2, 0) is 17.8 Å². The van der Waals surface area contributed by atoms with Crippen molar-refractivity contribution in [2.45, 2.75) is 19.9 Å². The van der Waals surface area contributed by atoms with Gasteiger partial charge in [-0.05, 0) is 36.8 Å². The maximum absolute atomic E-state index is 13.0. The first-order valence-electron chi connectivity index (χ1n) is 10.3. The van der Waals surface area contributed by atoms with Crippen molar-refractivity contribution in [2.24, 2.45) is 0 Å². The molecule has 32 heavy (non-hydrogen) atoms. The van der Waals surface area contributed by atoms with E-state index in [4.69, 9.17) is 18.9 Å². The zero-order chi connectivity index (χ0) is 22.7. The molecule has 0 saturated carbocycles. The lowest BCUT2D eigenvalue weighted by Gasteiger charge is -2.20. The Morgan fingerprint density at radius 2 is 1.84 bits per heavy atom. The van der Waals surface area contributed by atoms with E-state index in [9.17, 15) is 4.79 Å². The number of nitrogens with zero attached hydrogens (tertiary/aromatic N) is 2. The molecule has 3 aromatic rings. The largest absolute Gasteiger partial charge is 0.496 e. The van der Waals surface area contributed by atoms with Crippen LogP contribution in [0.5, 0.6) is 23.0 Å². The van der Waals surface area contributed by atoms with E-state index in [0.29, 0.717) is 42.7 Å². The second kappa shape index (κ2) is 9.48. The Bertz CT molecular complexity index is 1110. The van der Waals surface area contributed by atoms with Crippen LogP contribution in [0.4, 0.5) is 0 Å². The van der Waals surface area contributed by atoms with E-state index < -0.39 is 0 Å². The molecule has 0 spiro atoms. The molecule has 0 N–H and O–H groups in total. The first-order chi connectivity index (χ1) is 15.5. The molecule has 2 heterocycles. The van der Waals surface area contributed by atoms with E-state index in [-0.39, 0.29) is 12.3 Å². The second-order valence-electron chi connectivity index (χ2n) is 7.40. The van der Waals surface area contributed by atoms with Crippen molar-refractivity contribution in [3.63, 3.8) is 0 Å². The summed E-state index contributed by atoms with van der Waals surface area (Å²) in [5.74, 6) is 2.66. The minimum atomic E-state index is 0.0194. The van der Waals surface area contributed by atoms with Crippen LogP contribution in [0.15, 0.2) is 35.7 Å². The number of rotatable bonds is 6. The fourth-order valence-corrected chi connectivity index (χ4v) is 4.50. The quantitative estimate of drug-likeness (QED) is 0.558. The van der Waals surface area contributed by atoms with E-state index in [1.54, 1.807) is 32.7 Å². The van der Waals surface area contributed by atoms with Gasteiger partial charge in [-0.1, -0.05) is 6.07 Å². The fourth-order valence-electron chi connectivity index (χ4n) is 3.88. The van der Waals surface area contributed by atoms with Crippen molar-refractivity contribution in [3.8, 4) is 34.1 Å². The van der Waals surface area contributed by atoms with Crippen LogP contribution in [-0.4, -0.2) is 50.3 Å². The molecule has 2 aromatic carbocycles. The van der Waals surface area contributed by atoms with Gasteiger partial charge in [0.1, 0.15) is 18.1 Å². The molecule has 8 heteroatoms. The van der Waals surface area contributed by atoms with Crippen LogP contribution < -0.4 is 18.9 Å². The third-order valence-corrected chi connectivity index (χ3v) is 6.21. The molecule has 0 fully saturated rings. The first-order valence-corrected chi connectivity index (χ1v) is 11.2. The number of amides is 1. The van der Waals surface area contributed by atoms with Crippen molar-refractivity contribution in [3.05, 3.63) is 52.0 Å². The molecule has 0 atom stereocenters. The SMILES string of the molecule is COc1cc(-c2c(OC)cccc2OC)cc2c1OCCN(C(=O)Cc1csc(C)n1)C2. The lowest BCUT2D eigenvalue weighted by Crippen LogP contribution is -2.33. The Hall–Kier alpha value is -3.26. The number of aryl methyl sites for hydroxylation is 1. The van der Waals surface area contributed by atoms with Gasteiger partial charge in [-0.15, -0.1) is 11.3 Å². The molecule has 0 radical (unpaired) electrons. The van der Waals surface area contributed by atoms with Crippen LogP contribution >= 0.6 is 11.3 Å². The van der Waals surface area contributed by atoms with E-state index in [1.165, 1.54) is 0 Å². The minimum Gasteiger partial charge on any atom is -0.496 e. The third kappa shape index (κ3) is 4.36. The highest BCUT2D eigenvalue weighted by molar-refractivity contribution is 7.09. The summed E-state index contributed by atoms with van der Waals surface area (Å²) in [5.41, 5.74) is 3.35. The molecule has 4 rings (SSSR count). The summed E-state index contributed by atoms with van der Waals surface area (Å²) in [6.45, 7) is 3.24. The van der Waals surface area contributed by atoms with Crippen LogP contribution in [0.25, 0.3) is 11.1 Å². The monoisotopic (exact) mass is 454 g/mol. The van der Waals surface area contributed by atoms with E-state index in [1.807, 2.05) is 47.5 Å². The molecule has 168 valence electrons. The first kappa shape index (κ1) is 22.0. The smallest absolute Gasteiger partial charge is 0.229 e. The van der Waals surface area contributed by atoms with Crippen LogP contribution in [0.3, 0.4) is 0 Å². The Morgan fingerprint density at radius 1 is 1.12 bits per heavy atom. The Balaban J connectivity index is 1.71. The highest BCUT2D eigenvalue weighted by Gasteiger charge is 2.25. The average Bonchev–Trinajstić information content (AvgIpc) is 3.09. The molecule has 1 amide bonds. The topological polar surface area (TPSA) is 70.1 Å². The third-order valence-electron chi connectivity index (χ3n) is 5.39. The van der Waals surface area contributed by atoms with Gasteiger partial charge in [0.05, 0.1) is 50.6 Å². The van der Waals surface area contributed by atoms with Gasteiger partial charge in [0.2, 0.25) is 5.91 Å². The molecular weight excluding hydrogens is 428 g/mol. The summed E-state index contributed by atoms with van der Waals surface area (Å²) < 4.78 is 22.8. The normalized spacial score (nSPS) is 13.1. The minimum absolute atomic E-state index is 0.0194. The molecule has 0 bridgehead atoms. The van der Waals surface area contributed by atoms with E-state index in [2.05, 4.69) is 4.98 Å². The molecule has 1 aliphatic heterocycles. The number of carbonyl (C=O) groups excluding carboxylic acids is 1. The predicted octanol–water partition coefficient (Wildman–Crippen LogP) is 4.11. The Labute approximate surface area is 191 Å². The summed E-state index contributed by atoms with van der Waals surface area (Å²) in [6.07, 6.45) is 0.275. The van der Waals surface area contributed by atoms with Gasteiger partial charge in [-0.25, -0.2) is 4.98 Å². The van der Waals surface area contributed by atoms with Crippen molar-refractivity contribution in [1.82, 2.24) is 9.88 Å². The van der Waals surface area contributed by atoms with Crippen LogP contribution in [0.1, 0.15) is 16.3 Å². The molecule has 0 saturated heterocycles. The van der Waals surface area contributed by atoms with Gasteiger partial charge in [0.15, 0.2) is 11.5 Å². The average molecular weight is 455 g/mol. The zero-order valence-corrected chi connectivity index (χ0v) is 19.5. The second-order valence-corrected chi connectivity index (χ2v) is 8.46. The summed E-state index contributed by atoms with van der Waals surface area (Å²) >= 11 is 1.55. The summed E-state index contributed by atoms with van der Waals surface area (Å²) in [6, 6.07) is 9.58. The van der Waals surface area contributed by atoms with Gasteiger partial charge >= 0.3 is 0 Å². The van der Waals surface area contributed by atoms with Gasteiger partial charge < -0.3 is 23.8 Å². The number of thiazole rings is 1.